The van der Waals surface area contributed by atoms with Crippen molar-refractivity contribution in [3.8, 4) is 0 Å². The average Bonchev–Trinajstić information content (AvgIpc) is 3.09. The van der Waals surface area contributed by atoms with Crippen molar-refractivity contribution in [1.29, 1.82) is 0 Å². The molecule has 130 valence electrons. The maximum Gasteiger partial charge on any atom is 0.320 e. The summed E-state index contributed by atoms with van der Waals surface area (Å²) in [5, 5.41) is -0.255. The molecule has 0 saturated carbocycles. The predicted octanol–water partition coefficient (Wildman–Crippen LogP) is 3.30. The molecule has 1 aliphatic heterocycles. The molecule has 4 nitrogen and oxygen atoms in total. The summed E-state index contributed by atoms with van der Waals surface area (Å²) in [5.41, 5.74) is 2.23. The fourth-order valence-electron chi connectivity index (χ4n) is 2.81. The van der Waals surface area contributed by atoms with Crippen molar-refractivity contribution >= 4 is 23.6 Å². The highest BCUT2D eigenvalue weighted by Gasteiger charge is 2.30. The van der Waals surface area contributed by atoms with E-state index in [1.165, 1.54) is 17.3 Å². The second-order valence-electron chi connectivity index (χ2n) is 5.92. The number of fused-ring (bicyclic) bond motifs is 1. The zero-order chi connectivity index (χ0) is 17.6. The fourth-order valence-corrected chi connectivity index (χ4v) is 4.00. The molecule has 2 aromatic rings. The normalized spacial score (nSPS) is 15.5. The Morgan fingerprint density at radius 3 is 2.56 bits per heavy atom. The summed E-state index contributed by atoms with van der Waals surface area (Å²) < 4.78 is 5.29. The van der Waals surface area contributed by atoms with Gasteiger partial charge in [0.05, 0.1) is 0 Å². The summed E-state index contributed by atoms with van der Waals surface area (Å²) in [6.07, 6.45) is 0.662. The Kier molecular flexibility index (Phi) is 5.76. The highest BCUT2D eigenvalue weighted by Crippen LogP contribution is 2.37. The van der Waals surface area contributed by atoms with Gasteiger partial charge in [-0.05, 0) is 30.5 Å². The number of nitrogens with zero attached hydrogens (tertiary/aromatic N) is 1. The van der Waals surface area contributed by atoms with Crippen LogP contribution in [-0.4, -0.2) is 35.2 Å². The molecule has 0 N–H and O–H groups in total. The van der Waals surface area contributed by atoms with Gasteiger partial charge in [-0.25, -0.2) is 0 Å². The standard InChI is InChI=1S/C20H21NO3S/c1-2-21(13-15-8-4-3-5-9-15)19(22)14-24-20(23)18-12-16-10-6-7-11-17(16)25-18/h3-11,18H,2,12-14H2,1H3. The van der Waals surface area contributed by atoms with E-state index in [9.17, 15) is 9.59 Å². The number of carbonyl (C=O) groups excluding carboxylic acids is 2. The first-order valence-corrected chi connectivity index (χ1v) is 9.28. The van der Waals surface area contributed by atoms with Crippen LogP contribution in [0.5, 0.6) is 0 Å². The van der Waals surface area contributed by atoms with Gasteiger partial charge in [0.15, 0.2) is 6.61 Å². The molecule has 0 fully saturated rings. The number of hydrogen-bond acceptors (Lipinski definition) is 4. The molecule has 0 bridgehead atoms. The number of rotatable bonds is 6. The maximum absolute atomic E-state index is 12.4. The minimum absolute atomic E-state index is 0.166. The average molecular weight is 355 g/mol. The summed E-state index contributed by atoms with van der Waals surface area (Å²) >= 11 is 1.51. The molecular weight excluding hydrogens is 334 g/mol. The highest BCUT2D eigenvalue weighted by atomic mass is 32.2. The lowest BCUT2D eigenvalue weighted by Crippen LogP contribution is -2.35. The second kappa shape index (κ2) is 8.21. The topological polar surface area (TPSA) is 46.6 Å². The molecule has 1 unspecified atom stereocenters. The lowest BCUT2D eigenvalue weighted by molar-refractivity contribution is -0.151. The van der Waals surface area contributed by atoms with E-state index in [1.54, 1.807) is 4.90 Å². The van der Waals surface area contributed by atoms with Gasteiger partial charge < -0.3 is 9.64 Å². The monoisotopic (exact) mass is 355 g/mol. The van der Waals surface area contributed by atoms with E-state index < -0.39 is 0 Å². The van der Waals surface area contributed by atoms with Gasteiger partial charge in [-0.3, -0.25) is 9.59 Å². The minimum atomic E-state index is -0.315. The van der Waals surface area contributed by atoms with Crippen molar-refractivity contribution in [2.75, 3.05) is 13.2 Å². The van der Waals surface area contributed by atoms with Crippen LogP contribution in [0.15, 0.2) is 59.5 Å². The van der Waals surface area contributed by atoms with E-state index in [4.69, 9.17) is 4.74 Å². The van der Waals surface area contributed by atoms with Gasteiger partial charge in [-0.15, -0.1) is 11.8 Å². The fraction of sp³-hybridized carbons (Fsp3) is 0.300. The molecule has 1 aliphatic rings. The van der Waals surface area contributed by atoms with E-state index in [1.807, 2.05) is 61.5 Å². The molecule has 0 radical (unpaired) electrons. The molecule has 0 aliphatic carbocycles. The van der Waals surface area contributed by atoms with Crippen LogP contribution in [0.25, 0.3) is 0 Å². The van der Waals surface area contributed by atoms with Crippen molar-refractivity contribution in [3.63, 3.8) is 0 Å². The first kappa shape index (κ1) is 17.5. The Morgan fingerprint density at radius 2 is 1.84 bits per heavy atom. The molecule has 2 aromatic carbocycles. The number of likely N-dealkylation sites (N-methyl/N-ethyl adjacent to an activating group) is 1. The molecule has 1 heterocycles. The smallest absolute Gasteiger partial charge is 0.320 e. The summed E-state index contributed by atoms with van der Waals surface area (Å²) in [6, 6.07) is 17.8. The third-order valence-corrected chi connectivity index (χ3v) is 5.49. The molecule has 0 aromatic heterocycles. The summed E-state index contributed by atoms with van der Waals surface area (Å²) in [4.78, 5) is 27.4. The number of benzene rings is 2. The Morgan fingerprint density at radius 1 is 1.12 bits per heavy atom. The van der Waals surface area contributed by atoms with Crippen LogP contribution in [-0.2, 0) is 27.3 Å². The molecule has 0 spiro atoms. The first-order valence-electron chi connectivity index (χ1n) is 8.40. The van der Waals surface area contributed by atoms with Crippen LogP contribution >= 0.6 is 11.8 Å². The highest BCUT2D eigenvalue weighted by molar-refractivity contribution is 8.01. The van der Waals surface area contributed by atoms with Crippen LogP contribution in [0.2, 0.25) is 0 Å². The van der Waals surface area contributed by atoms with Gasteiger partial charge in [-0.1, -0.05) is 48.5 Å². The number of thioether (sulfide) groups is 1. The second-order valence-corrected chi connectivity index (χ2v) is 7.16. The quantitative estimate of drug-likeness (QED) is 0.746. The van der Waals surface area contributed by atoms with E-state index in [-0.39, 0.29) is 23.7 Å². The van der Waals surface area contributed by atoms with Crippen LogP contribution in [0.3, 0.4) is 0 Å². The number of hydrogen-bond donors (Lipinski definition) is 0. The minimum Gasteiger partial charge on any atom is -0.455 e. The summed E-state index contributed by atoms with van der Waals surface area (Å²) in [5.74, 6) is -0.481. The third kappa shape index (κ3) is 4.42. The van der Waals surface area contributed by atoms with Gasteiger partial charge in [0.2, 0.25) is 0 Å². The summed E-state index contributed by atoms with van der Waals surface area (Å²) in [7, 11) is 0. The van der Waals surface area contributed by atoms with Gasteiger partial charge >= 0.3 is 5.97 Å². The number of esters is 1. The van der Waals surface area contributed by atoms with Gasteiger partial charge in [-0.2, -0.15) is 0 Å². The van der Waals surface area contributed by atoms with Crippen LogP contribution in [0, 0.1) is 0 Å². The van der Waals surface area contributed by atoms with Gasteiger partial charge in [0.25, 0.3) is 5.91 Å². The summed E-state index contributed by atoms with van der Waals surface area (Å²) in [6.45, 7) is 2.82. The predicted molar refractivity (Wildman–Crippen MR) is 98.3 cm³/mol. The largest absolute Gasteiger partial charge is 0.455 e. The maximum atomic E-state index is 12.4. The Labute approximate surface area is 152 Å². The van der Waals surface area contributed by atoms with Crippen molar-refractivity contribution in [2.45, 2.75) is 30.0 Å². The zero-order valence-electron chi connectivity index (χ0n) is 14.2. The number of ether oxygens (including phenoxy) is 1. The van der Waals surface area contributed by atoms with E-state index in [0.717, 1.165) is 10.5 Å². The number of amides is 1. The van der Waals surface area contributed by atoms with Crippen LogP contribution in [0.1, 0.15) is 18.1 Å². The molecule has 3 rings (SSSR count). The van der Waals surface area contributed by atoms with Gasteiger partial charge in [0.1, 0.15) is 5.25 Å². The molecule has 25 heavy (non-hydrogen) atoms. The van der Waals surface area contributed by atoms with Gasteiger partial charge in [0, 0.05) is 18.0 Å². The lowest BCUT2D eigenvalue weighted by atomic mass is 10.1. The van der Waals surface area contributed by atoms with E-state index >= 15 is 0 Å². The molecule has 0 saturated heterocycles. The van der Waals surface area contributed by atoms with Crippen LogP contribution in [0.4, 0.5) is 0 Å². The Hall–Kier alpha value is -2.27. The molecule has 5 heteroatoms. The molecule has 1 amide bonds. The number of carbonyl (C=O) groups is 2. The Bertz CT molecular complexity index is 723. The molecular formula is C20H21NO3S. The van der Waals surface area contributed by atoms with E-state index in [0.29, 0.717) is 19.5 Å². The lowest BCUT2D eigenvalue weighted by Gasteiger charge is -2.21. The van der Waals surface area contributed by atoms with Crippen LogP contribution < -0.4 is 0 Å². The van der Waals surface area contributed by atoms with Crippen molar-refractivity contribution in [2.24, 2.45) is 0 Å². The Balaban J connectivity index is 1.50. The van der Waals surface area contributed by atoms with Crippen molar-refractivity contribution in [3.05, 3.63) is 65.7 Å². The first-order chi connectivity index (χ1) is 12.2. The van der Waals surface area contributed by atoms with E-state index in [2.05, 4.69) is 0 Å². The van der Waals surface area contributed by atoms with Crippen molar-refractivity contribution < 1.29 is 14.3 Å². The molecule has 1 atom stereocenters. The SMILES string of the molecule is CCN(Cc1ccccc1)C(=O)COC(=O)C1Cc2ccccc2S1. The van der Waals surface area contributed by atoms with Crippen molar-refractivity contribution in [1.82, 2.24) is 4.90 Å². The third-order valence-electron chi connectivity index (χ3n) is 4.20. The zero-order valence-corrected chi connectivity index (χ0v) is 15.0.